The molecule has 0 radical (unpaired) electrons. The van der Waals surface area contributed by atoms with Crippen LogP contribution in [0.1, 0.15) is 63.9 Å². The lowest BCUT2D eigenvalue weighted by atomic mass is 9.81. The van der Waals surface area contributed by atoms with Crippen molar-refractivity contribution in [2.45, 2.75) is 65.3 Å². The fourth-order valence-corrected chi connectivity index (χ4v) is 4.38. The van der Waals surface area contributed by atoms with Gasteiger partial charge in [-0.3, -0.25) is 10.2 Å². The number of anilines is 1. The second-order valence-electron chi connectivity index (χ2n) is 7.73. The van der Waals surface area contributed by atoms with Gasteiger partial charge in [-0.1, -0.05) is 30.2 Å². The first kappa shape index (κ1) is 20.1. The molecule has 0 saturated carbocycles. The van der Waals surface area contributed by atoms with Crippen molar-refractivity contribution in [3.8, 4) is 0 Å². The van der Waals surface area contributed by atoms with Crippen LogP contribution >= 0.6 is 0 Å². The second kappa shape index (κ2) is 8.59. The van der Waals surface area contributed by atoms with E-state index in [0.29, 0.717) is 36.8 Å². The Labute approximate surface area is 166 Å². The largest absolute Gasteiger partial charge is 0.383 e. The monoisotopic (exact) mass is 381 g/mol. The number of hydrogen-bond acceptors (Lipinski definition) is 4. The molecule has 0 aromatic carbocycles. The first-order valence-electron chi connectivity index (χ1n) is 10.2. The van der Waals surface area contributed by atoms with Gasteiger partial charge >= 0.3 is 0 Å². The van der Waals surface area contributed by atoms with Crippen molar-refractivity contribution in [1.82, 2.24) is 9.55 Å². The van der Waals surface area contributed by atoms with Gasteiger partial charge in [0, 0.05) is 19.4 Å². The van der Waals surface area contributed by atoms with Crippen molar-refractivity contribution in [3.63, 3.8) is 0 Å². The lowest BCUT2D eigenvalue weighted by Gasteiger charge is -2.25. The Hall–Kier alpha value is -2.63. The average molecular weight is 382 g/mol. The molecule has 28 heavy (non-hydrogen) atoms. The predicted molar refractivity (Wildman–Crippen MR) is 113 cm³/mol. The molecular weight excluding hydrogens is 350 g/mol. The molecule has 0 aliphatic heterocycles. The molecule has 1 heterocycles. The van der Waals surface area contributed by atoms with Crippen LogP contribution in [0.2, 0.25) is 0 Å². The fraction of sp³-hybridized carbons (Fsp3) is 0.500. The first-order valence-corrected chi connectivity index (χ1v) is 10.2. The van der Waals surface area contributed by atoms with E-state index in [0.717, 1.165) is 18.7 Å². The van der Waals surface area contributed by atoms with Gasteiger partial charge in [-0.2, -0.15) is 0 Å². The summed E-state index contributed by atoms with van der Waals surface area (Å²) in [6.45, 7) is 4.51. The minimum Gasteiger partial charge on any atom is -0.383 e. The van der Waals surface area contributed by atoms with Crippen LogP contribution in [0.15, 0.2) is 34.9 Å². The maximum atomic E-state index is 11.9. The zero-order chi connectivity index (χ0) is 20.3. The molecule has 0 bridgehead atoms. The number of amidine groups is 1. The maximum Gasteiger partial charge on any atom is 0.157 e. The summed E-state index contributed by atoms with van der Waals surface area (Å²) in [5.41, 5.74) is 16.8. The first-order chi connectivity index (χ1) is 13.4. The van der Waals surface area contributed by atoms with Gasteiger partial charge in [0.1, 0.15) is 23.2 Å². The van der Waals surface area contributed by atoms with E-state index in [-0.39, 0.29) is 11.6 Å². The molecule has 6 heteroatoms. The fourth-order valence-electron chi connectivity index (χ4n) is 4.38. The van der Waals surface area contributed by atoms with E-state index in [1.807, 2.05) is 11.5 Å². The lowest BCUT2D eigenvalue weighted by Crippen LogP contribution is -2.16. The Balaban J connectivity index is 1.90. The van der Waals surface area contributed by atoms with E-state index in [9.17, 15) is 4.79 Å². The summed E-state index contributed by atoms with van der Waals surface area (Å²) < 4.78 is 1.87. The highest BCUT2D eigenvalue weighted by atomic mass is 16.1. The summed E-state index contributed by atoms with van der Waals surface area (Å²) in [5.74, 6) is 1.61. The number of allylic oxidation sites excluding steroid dienone is 6. The number of nitrogen functional groups attached to an aromatic ring is 2. The van der Waals surface area contributed by atoms with E-state index in [4.69, 9.17) is 16.9 Å². The van der Waals surface area contributed by atoms with Crippen LogP contribution in [0.4, 0.5) is 5.82 Å². The van der Waals surface area contributed by atoms with Crippen LogP contribution in [0.25, 0.3) is 0 Å². The van der Waals surface area contributed by atoms with Gasteiger partial charge in [0.15, 0.2) is 5.78 Å². The molecule has 0 saturated heterocycles. The van der Waals surface area contributed by atoms with Gasteiger partial charge in [0.2, 0.25) is 0 Å². The van der Waals surface area contributed by atoms with Crippen LogP contribution in [-0.2, 0) is 17.8 Å². The quantitative estimate of drug-likeness (QED) is 0.362. The van der Waals surface area contributed by atoms with E-state index in [2.05, 4.69) is 18.0 Å². The Morgan fingerprint density at radius 2 is 2.21 bits per heavy atom. The third-order valence-electron chi connectivity index (χ3n) is 5.89. The molecule has 1 unspecified atom stereocenters. The molecule has 3 rings (SSSR count). The normalized spacial score (nSPS) is 19.2. The molecule has 1 aromatic rings. The van der Waals surface area contributed by atoms with E-state index in [1.54, 1.807) is 17.7 Å². The van der Waals surface area contributed by atoms with Crippen molar-refractivity contribution in [3.05, 3.63) is 46.5 Å². The van der Waals surface area contributed by atoms with Crippen molar-refractivity contribution in [1.29, 1.82) is 5.41 Å². The van der Waals surface area contributed by atoms with Crippen LogP contribution in [0, 0.1) is 11.3 Å². The molecule has 150 valence electrons. The molecular formula is C22H31N5O. The number of nitrogens with two attached hydrogens (primary N) is 2. The molecule has 1 atom stereocenters. The number of carbonyl (C=O) groups excluding carboxylic acids is 1. The zero-order valence-corrected chi connectivity index (χ0v) is 16.9. The highest BCUT2D eigenvalue weighted by Crippen LogP contribution is 2.40. The van der Waals surface area contributed by atoms with Gasteiger partial charge in [-0.05, 0) is 56.6 Å². The van der Waals surface area contributed by atoms with Crippen LogP contribution < -0.4 is 11.5 Å². The molecule has 2 aliphatic carbocycles. The number of nitrogens with one attached hydrogen (secondary N) is 1. The minimum atomic E-state index is -0.136. The summed E-state index contributed by atoms with van der Waals surface area (Å²) in [7, 11) is 0. The van der Waals surface area contributed by atoms with Gasteiger partial charge in [0.05, 0.1) is 0 Å². The zero-order valence-electron chi connectivity index (χ0n) is 16.9. The summed E-state index contributed by atoms with van der Waals surface area (Å²) in [6, 6.07) is 0. The number of hydrogen-bond donors (Lipinski definition) is 3. The summed E-state index contributed by atoms with van der Waals surface area (Å²) >= 11 is 0. The lowest BCUT2D eigenvalue weighted by molar-refractivity contribution is -0.114. The Bertz CT molecular complexity index is 872. The highest BCUT2D eigenvalue weighted by molar-refractivity contribution is 5.97. The maximum absolute atomic E-state index is 11.9. The van der Waals surface area contributed by atoms with Crippen molar-refractivity contribution < 1.29 is 4.79 Å². The summed E-state index contributed by atoms with van der Waals surface area (Å²) in [4.78, 5) is 16.5. The summed E-state index contributed by atoms with van der Waals surface area (Å²) in [6.07, 6.45) is 12.6. The number of nitrogens with zero attached hydrogens (tertiary/aromatic N) is 2. The van der Waals surface area contributed by atoms with Gasteiger partial charge in [0.25, 0.3) is 0 Å². The number of aromatic nitrogens is 2. The van der Waals surface area contributed by atoms with Crippen molar-refractivity contribution in [2.24, 2.45) is 11.7 Å². The van der Waals surface area contributed by atoms with Crippen molar-refractivity contribution >= 4 is 17.4 Å². The van der Waals surface area contributed by atoms with Crippen LogP contribution in [-0.4, -0.2) is 21.2 Å². The summed E-state index contributed by atoms with van der Waals surface area (Å²) in [5, 5.41) is 7.78. The van der Waals surface area contributed by atoms with Gasteiger partial charge in [-0.15, -0.1) is 0 Å². The van der Waals surface area contributed by atoms with E-state index in [1.165, 1.54) is 30.4 Å². The molecule has 1 aromatic heterocycles. The van der Waals surface area contributed by atoms with Crippen molar-refractivity contribution in [2.75, 3.05) is 5.73 Å². The third kappa shape index (κ3) is 4.11. The number of imidazole rings is 1. The molecule has 0 amide bonds. The average Bonchev–Trinajstić information content (AvgIpc) is 3.23. The Kier molecular flexibility index (Phi) is 6.17. The molecule has 6 nitrogen and oxygen atoms in total. The Morgan fingerprint density at radius 3 is 2.89 bits per heavy atom. The number of rotatable bonds is 8. The minimum absolute atomic E-state index is 0.0509. The van der Waals surface area contributed by atoms with Gasteiger partial charge in [-0.25, -0.2) is 4.98 Å². The molecule has 0 spiro atoms. The molecule has 2 aliphatic rings. The SMILES string of the molecule is CC=CC(=O)CCn1c(CC2=CC3=C(CCC3)CC2CC)nc(C(=N)N)c1N. The highest BCUT2D eigenvalue weighted by Gasteiger charge is 2.27. The molecule has 0 fully saturated rings. The van der Waals surface area contributed by atoms with Crippen LogP contribution in [0.5, 0.6) is 0 Å². The molecule has 5 N–H and O–H groups in total. The number of ketones is 1. The smallest absolute Gasteiger partial charge is 0.157 e. The predicted octanol–water partition coefficient (Wildman–Crippen LogP) is 3.66. The van der Waals surface area contributed by atoms with E-state index < -0.39 is 0 Å². The van der Waals surface area contributed by atoms with Gasteiger partial charge < -0.3 is 16.0 Å². The van der Waals surface area contributed by atoms with Crippen LogP contribution in [0.3, 0.4) is 0 Å². The Morgan fingerprint density at radius 1 is 1.43 bits per heavy atom. The standard InChI is InChI=1S/C22H31N5O/c1-3-6-18(28)9-10-27-19(26-20(21(23)24)22(27)25)13-17-12-16-8-5-7-15(16)11-14(17)4-2/h3,6,12,14H,4-5,7-11,13,25H2,1-2H3,(H3,23,24). The third-order valence-corrected chi connectivity index (χ3v) is 5.89. The number of carbonyl (C=O) groups is 1. The second-order valence-corrected chi connectivity index (χ2v) is 7.73. The topological polar surface area (TPSA) is 111 Å². The van der Waals surface area contributed by atoms with E-state index >= 15 is 0 Å².